The van der Waals surface area contributed by atoms with Crippen molar-refractivity contribution in [2.75, 3.05) is 6.61 Å². The van der Waals surface area contributed by atoms with Crippen LogP contribution < -0.4 is 10.1 Å². The van der Waals surface area contributed by atoms with Crippen LogP contribution in [0.25, 0.3) is 10.9 Å². The van der Waals surface area contributed by atoms with E-state index >= 15 is 0 Å². The summed E-state index contributed by atoms with van der Waals surface area (Å²) in [5, 5.41) is 13.3. The monoisotopic (exact) mass is 532 g/mol. The number of carbonyl (C=O) groups excluding carboxylic acids is 1. The van der Waals surface area contributed by atoms with Gasteiger partial charge in [0.25, 0.3) is 5.91 Å². The second-order valence-corrected chi connectivity index (χ2v) is 11.0. The topological polar surface area (TPSA) is 80.6 Å². The molecule has 198 valence electrons. The molecule has 0 radical (unpaired) electrons. The van der Waals surface area contributed by atoms with Crippen molar-refractivity contribution in [3.05, 3.63) is 99.2 Å². The standard InChI is InChI=1S/C31H33ClN2O4/c1-19-20(2)34(17-22-8-12-26(32)28(14-22)38-18-29(35)36)27-13-9-23(15-25(19)27)30(37)33-16-21-6-10-24(11-7-21)31(3,4)5/h6-15H,16-18H2,1-5H3,(H,33,37)(H,35,36). The van der Waals surface area contributed by atoms with E-state index in [2.05, 4.69) is 61.8 Å². The summed E-state index contributed by atoms with van der Waals surface area (Å²) >= 11 is 6.19. The minimum Gasteiger partial charge on any atom is -0.480 e. The van der Waals surface area contributed by atoms with Gasteiger partial charge in [0.15, 0.2) is 6.61 Å². The van der Waals surface area contributed by atoms with Gasteiger partial charge in [0.2, 0.25) is 0 Å². The summed E-state index contributed by atoms with van der Waals surface area (Å²) in [6, 6.07) is 19.5. The highest BCUT2D eigenvalue weighted by Gasteiger charge is 2.16. The van der Waals surface area contributed by atoms with Crippen molar-refractivity contribution in [1.29, 1.82) is 0 Å². The van der Waals surface area contributed by atoms with Crippen molar-refractivity contribution >= 4 is 34.4 Å². The maximum Gasteiger partial charge on any atom is 0.341 e. The van der Waals surface area contributed by atoms with Crippen molar-refractivity contribution in [2.24, 2.45) is 0 Å². The van der Waals surface area contributed by atoms with E-state index in [1.54, 1.807) is 12.1 Å². The molecule has 0 aliphatic rings. The summed E-state index contributed by atoms with van der Waals surface area (Å²) in [5.74, 6) is -0.841. The number of aromatic nitrogens is 1. The van der Waals surface area contributed by atoms with Crippen LogP contribution in [-0.4, -0.2) is 28.2 Å². The molecule has 0 unspecified atom stereocenters. The number of carboxylic acids is 1. The highest BCUT2D eigenvalue weighted by atomic mass is 35.5. The van der Waals surface area contributed by atoms with Crippen molar-refractivity contribution in [1.82, 2.24) is 9.88 Å². The van der Waals surface area contributed by atoms with Crippen LogP contribution in [0.15, 0.2) is 60.7 Å². The van der Waals surface area contributed by atoms with Crippen molar-refractivity contribution in [3.63, 3.8) is 0 Å². The first-order valence-electron chi connectivity index (χ1n) is 12.5. The molecule has 0 aliphatic heterocycles. The van der Waals surface area contributed by atoms with Gasteiger partial charge in [0, 0.05) is 35.2 Å². The van der Waals surface area contributed by atoms with Crippen LogP contribution in [0.4, 0.5) is 0 Å². The number of ether oxygens (including phenoxy) is 1. The Labute approximate surface area is 228 Å². The number of halogens is 1. The van der Waals surface area contributed by atoms with Crippen LogP contribution in [0.1, 0.15) is 59.1 Å². The normalized spacial score (nSPS) is 11.5. The zero-order valence-corrected chi connectivity index (χ0v) is 23.1. The summed E-state index contributed by atoms with van der Waals surface area (Å²) < 4.78 is 7.51. The number of aryl methyl sites for hydroxylation is 1. The SMILES string of the molecule is Cc1c(C)n(Cc2ccc(Cl)c(OCC(=O)O)c2)c2ccc(C(=O)NCc3ccc(C(C)(C)C)cc3)cc12. The van der Waals surface area contributed by atoms with Gasteiger partial charge in [-0.05, 0) is 71.8 Å². The number of carbonyl (C=O) groups is 2. The minimum atomic E-state index is -1.06. The lowest BCUT2D eigenvalue weighted by atomic mass is 9.87. The Morgan fingerprint density at radius 3 is 2.32 bits per heavy atom. The van der Waals surface area contributed by atoms with E-state index in [0.717, 1.165) is 33.3 Å². The van der Waals surface area contributed by atoms with Gasteiger partial charge in [-0.25, -0.2) is 4.79 Å². The lowest BCUT2D eigenvalue weighted by molar-refractivity contribution is -0.139. The number of hydrogen-bond donors (Lipinski definition) is 2. The van der Waals surface area contributed by atoms with E-state index in [1.165, 1.54) is 5.56 Å². The Kier molecular flexibility index (Phi) is 7.83. The molecule has 4 aromatic rings. The van der Waals surface area contributed by atoms with Crippen molar-refractivity contribution < 1.29 is 19.4 Å². The molecule has 1 heterocycles. The number of rotatable bonds is 8. The number of benzene rings is 3. The van der Waals surface area contributed by atoms with E-state index in [9.17, 15) is 9.59 Å². The second kappa shape index (κ2) is 10.9. The average Bonchev–Trinajstić information content (AvgIpc) is 3.11. The quantitative estimate of drug-likeness (QED) is 0.266. The van der Waals surface area contributed by atoms with Crippen LogP contribution in [0.5, 0.6) is 5.75 Å². The number of nitrogens with one attached hydrogen (secondary N) is 1. The van der Waals surface area contributed by atoms with Gasteiger partial charge in [0.05, 0.1) is 5.02 Å². The predicted molar refractivity (Wildman–Crippen MR) is 151 cm³/mol. The van der Waals surface area contributed by atoms with E-state index in [4.69, 9.17) is 21.4 Å². The number of carboxylic acid groups (broad SMARTS) is 1. The summed E-state index contributed by atoms with van der Waals surface area (Å²) in [5.41, 5.74) is 7.14. The molecule has 0 saturated carbocycles. The third-order valence-electron chi connectivity index (χ3n) is 6.86. The molecule has 1 aromatic heterocycles. The third-order valence-corrected chi connectivity index (χ3v) is 7.17. The molecule has 38 heavy (non-hydrogen) atoms. The van der Waals surface area contributed by atoms with Crippen molar-refractivity contribution in [3.8, 4) is 5.75 Å². The van der Waals surface area contributed by atoms with Crippen LogP contribution in [0.3, 0.4) is 0 Å². The molecule has 3 aromatic carbocycles. The Morgan fingerprint density at radius 2 is 1.66 bits per heavy atom. The van der Waals surface area contributed by atoms with Gasteiger partial charge in [-0.15, -0.1) is 0 Å². The maximum absolute atomic E-state index is 13.0. The van der Waals surface area contributed by atoms with Crippen LogP contribution in [0.2, 0.25) is 5.02 Å². The first kappa shape index (κ1) is 27.3. The fourth-order valence-corrected chi connectivity index (χ4v) is 4.65. The second-order valence-electron chi connectivity index (χ2n) is 10.6. The van der Waals surface area contributed by atoms with Crippen LogP contribution >= 0.6 is 11.6 Å². The molecular weight excluding hydrogens is 500 g/mol. The maximum atomic E-state index is 13.0. The average molecular weight is 533 g/mol. The molecule has 0 aliphatic carbocycles. The smallest absolute Gasteiger partial charge is 0.341 e. The van der Waals surface area contributed by atoms with Gasteiger partial charge in [-0.2, -0.15) is 0 Å². The summed E-state index contributed by atoms with van der Waals surface area (Å²) in [6.45, 7) is 11.2. The zero-order valence-electron chi connectivity index (χ0n) is 22.4. The molecule has 0 atom stereocenters. The van der Waals surface area contributed by atoms with Gasteiger partial charge in [-0.3, -0.25) is 4.79 Å². The molecule has 0 bridgehead atoms. The fourth-order valence-electron chi connectivity index (χ4n) is 4.48. The minimum absolute atomic E-state index is 0.0908. The number of amides is 1. The van der Waals surface area contributed by atoms with E-state index in [0.29, 0.717) is 29.4 Å². The largest absolute Gasteiger partial charge is 0.480 e. The van der Waals surface area contributed by atoms with Crippen LogP contribution in [0, 0.1) is 13.8 Å². The lowest BCUT2D eigenvalue weighted by Crippen LogP contribution is -2.22. The third kappa shape index (κ3) is 6.03. The Bertz CT molecular complexity index is 1500. The Balaban J connectivity index is 1.52. The molecule has 0 saturated heterocycles. The van der Waals surface area contributed by atoms with Crippen LogP contribution in [-0.2, 0) is 23.3 Å². The molecule has 0 fully saturated rings. The van der Waals surface area contributed by atoms with Gasteiger partial charge < -0.3 is 19.7 Å². The molecule has 4 rings (SSSR count). The number of hydrogen-bond acceptors (Lipinski definition) is 3. The Morgan fingerprint density at radius 1 is 0.974 bits per heavy atom. The van der Waals surface area contributed by atoms with E-state index in [1.807, 2.05) is 31.2 Å². The highest BCUT2D eigenvalue weighted by molar-refractivity contribution is 6.32. The molecule has 7 heteroatoms. The zero-order chi connectivity index (χ0) is 27.6. The van der Waals surface area contributed by atoms with E-state index < -0.39 is 12.6 Å². The summed E-state index contributed by atoms with van der Waals surface area (Å²) in [6.07, 6.45) is 0. The highest BCUT2D eigenvalue weighted by Crippen LogP contribution is 2.30. The predicted octanol–water partition coefficient (Wildman–Crippen LogP) is 6.65. The van der Waals surface area contributed by atoms with Gasteiger partial charge in [-0.1, -0.05) is 62.7 Å². The Hall–Kier alpha value is -3.77. The number of fused-ring (bicyclic) bond motifs is 1. The molecular formula is C31H33ClN2O4. The lowest BCUT2D eigenvalue weighted by Gasteiger charge is -2.19. The van der Waals surface area contributed by atoms with Gasteiger partial charge in [0.1, 0.15) is 5.75 Å². The summed E-state index contributed by atoms with van der Waals surface area (Å²) in [7, 11) is 0. The summed E-state index contributed by atoms with van der Waals surface area (Å²) in [4.78, 5) is 23.9. The molecule has 1 amide bonds. The fraction of sp³-hybridized carbons (Fsp3) is 0.290. The van der Waals surface area contributed by atoms with Crippen molar-refractivity contribution in [2.45, 2.75) is 53.1 Å². The molecule has 6 nitrogen and oxygen atoms in total. The van der Waals surface area contributed by atoms with Gasteiger partial charge >= 0.3 is 5.97 Å². The number of nitrogens with zero attached hydrogens (tertiary/aromatic N) is 1. The number of aliphatic carboxylic acids is 1. The molecule has 0 spiro atoms. The first-order valence-corrected chi connectivity index (χ1v) is 12.9. The first-order chi connectivity index (χ1) is 17.9. The van der Waals surface area contributed by atoms with E-state index in [-0.39, 0.29) is 11.3 Å². The molecule has 2 N–H and O–H groups in total.